The summed E-state index contributed by atoms with van der Waals surface area (Å²) in [6.45, 7) is 0.603. The molecule has 1 heterocycles. The monoisotopic (exact) mass is 160 g/mol. The van der Waals surface area contributed by atoms with Gasteiger partial charge in [0.05, 0.1) is 20.3 Å². The summed E-state index contributed by atoms with van der Waals surface area (Å²) in [7, 11) is 1.32. The molecule has 4 nitrogen and oxygen atoms in total. The molecule has 4 heteroatoms. The second-order valence-electron chi connectivity index (χ2n) is 2.73. The van der Waals surface area contributed by atoms with Gasteiger partial charge in [0, 0.05) is 6.61 Å². The molecule has 1 atom stereocenters. The third kappa shape index (κ3) is 1.36. The van der Waals surface area contributed by atoms with Crippen LogP contribution in [0.1, 0.15) is 6.42 Å². The Morgan fingerprint density at radius 2 is 2.55 bits per heavy atom. The quantitative estimate of drug-likeness (QED) is 0.556. The summed E-state index contributed by atoms with van der Waals surface area (Å²) in [6.07, 6.45) is 0.552. The van der Waals surface area contributed by atoms with Crippen molar-refractivity contribution >= 4 is 5.97 Å². The molecule has 1 aliphatic heterocycles. The van der Waals surface area contributed by atoms with E-state index in [1.807, 2.05) is 0 Å². The lowest BCUT2D eigenvalue weighted by molar-refractivity contribution is -0.155. The Balaban J connectivity index is 2.66. The predicted octanol–water partition coefficient (Wildman–Crippen LogP) is -0.442. The van der Waals surface area contributed by atoms with Gasteiger partial charge in [-0.2, -0.15) is 0 Å². The van der Waals surface area contributed by atoms with Crippen molar-refractivity contribution in [2.45, 2.75) is 6.42 Å². The van der Waals surface area contributed by atoms with E-state index in [4.69, 9.17) is 9.84 Å². The van der Waals surface area contributed by atoms with Gasteiger partial charge in [-0.15, -0.1) is 0 Å². The summed E-state index contributed by atoms with van der Waals surface area (Å²) < 4.78 is 9.56. The number of hydrogen-bond acceptors (Lipinski definition) is 4. The predicted molar refractivity (Wildman–Crippen MR) is 37.0 cm³/mol. The zero-order valence-electron chi connectivity index (χ0n) is 6.50. The molecule has 0 spiro atoms. The fourth-order valence-electron chi connectivity index (χ4n) is 1.17. The van der Waals surface area contributed by atoms with Crippen LogP contribution in [-0.4, -0.2) is 38.0 Å². The first kappa shape index (κ1) is 8.49. The molecule has 11 heavy (non-hydrogen) atoms. The fraction of sp³-hybridized carbons (Fsp3) is 0.857. The van der Waals surface area contributed by atoms with Crippen molar-refractivity contribution in [1.82, 2.24) is 0 Å². The summed E-state index contributed by atoms with van der Waals surface area (Å²) in [4.78, 5) is 11.1. The van der Waals surface area contributed by atoms with Crippen LogP contribution < -0.4 is 0 Å². The molecule has 0 aromatic heterocycles. The van der Waals surface area contributed by atoms with Gasteiger partial charge in [-0.1, -0.05) is 0 Å². The zero-order chi connectivity index (χ0) is 8.32. The number of ether oxygens (including phenoxy) is 2. The van der Waals surface area contributed by atoms with E-state index >= 15 is 0 Å². The number of esters is 1. The second kappa shape index (κ2) is 3.19. The highest BCUT2D eigenvalue weighted by molar-refractivity contribution is 5.77. The van der Waals surface area contributed by atoms with Crippen LogP contribution in [0.5, 0.6) is 0 Å². The summed E-state index contributed by atoms with van der Waals surface area (Å²) in [5.74, 6) is -0.377. The Bertz CT molecular complexity index is 149. The van der Waals surface area contributed by atoms with Gasteiger partial charge < -0.3 is 14.6 Å². The van der Waals surface area contributed by atoms with Crippen molar-refractivity contribution in [1.29, 1.82) is 0 Å². The lowest BCUT2D eigenvalue weighted by Gasteiger charge is -2.20. The molecule has 0 aromatic carbocycles. The molecule has 1 aliphatic rings. The molecule has 1 unspecified atom stereocenters. The molecular formula is C7H12O4. The second-order valence-corrected chi connectivity index (χ2v) is 2.73. The Morgan fingerprint density at radius 3 is 2.91 bits per heavy atom. The lowest BCUT2D eigenvalue weighted by Crippen LogP contribution is -2.36. The first-order valence-electron chi connectivity index (χ1n) is 3.52. The summed E-state index contributed by atoms with van der Waals surface area (Å²) in [6, 6.07) is 0. The van der Waals surface area contributed by atoms with E-state index in [2.05, 4.69) is 4.74 Å². The standard InChI is InChI=1S/C7H12O4/c1-10-6(9)7(4-8)2-3-11-5-7/h8H,2-5H2,1H3. The molecule has 0 amide bonds. The molecule has 0 bridgehead atoms. The fourth-order valence-corrected chi connectivity index (χ4v) is 1.17. The number of hydrogen-bond donors (Lipinski definition) is 1. The van der Waals surface area contributed by atoms with E-state index in [1.165, 1.54) is 7.11 Å². The Hall–Kier alpha value is -0.610. The van der Waals surface area contributed by atoms with Crippen LogP contribution in [0.2, 0.25) is 0 Å². The Morgan fingerprint density at radius 1 is 1.82 bits per heavy atom. The first-order valence-corrected chi connectivity index (χ1v) is 3.52. The maximum absolute atomic E-state index is 11.1. The van der Waals surface area contributed by atoms with Gasteiger partial charge in [0.15, 0.2) is 0 Å². The number of methoxy groups -OCH3 is 1. The van der Waals surface area contributed by atoms with E-state index < -0.39 is 5.41 Å². The summed E-state index contributed by atoms with van der Waals surface area (Å²) in [5.41, 5.74) is -0.783. The minimum absolute atomic E-state index is 0.195. The smallest absolute Gasteiger partial charge is 0.316 e. The third-order valence-corrected chi connectivity index (χ3v) is 2.02. The van der Waals surface area contributed by atoms with Crippen LogP contribution in [0, 0.1) is 5.41 Å². The van der Waals surface area contributed by atoms with Gasteiger partial charge in [-0.25, -0.2) is 0 Å². The highest BCUT2D eigenvalue weighted by Gasteiger charge is 2.42. The molecule has 1 N–H and O–H groups in total. The van der Waals surface area contributed by atoms with E-state index in [-0.39, 0.29) is 19.2 Å². The SMILES string of the molecule is COC(=O)C1(CO)CCOC1. The maximum atomic E-state index is 11.1. The molecule has 0 aromatic rings. The minimum Gasteiger partial charge on any atom is -0.468 e. The van der Waals surface area contributed by atoms with E-state index in [0.29, 0.717) is 13.0 Å². The van der Waals surface area contributed by atoms with Gasteiger partial charge in [0.2, 0.25) is 0 Å². The van der Waals surface area contributed by atoms with Crippen molar-refractivity contribution in [3.63, 3.8) is 0 Å². The molecule has 0 saturated carbocycles. The number of aliphatic hydroxyl groups excluding tert-OH is 1. The summed E-state index contributed by atoms with van der Waals surface area (Å²) in [5, 5.41) is 8.94. The van der Waals surface area contributed by atoms with E-state index in [1.54, 1.807) is 0 Å². The van der Waals surface area contributed by atoms with E-state index in [9.17, 15) is 4.79 Å². The summed E-state index contributed by atoms with van der Waals surface area (Å²) >= 11 is 0. The van der Waals surface area contributed by atoms with Crippen LogP contribution in [-0.2, 0) is 14.3 Å². The average molecular weight is 160 g/mol. The van der Waals surface area contributed by atoms with Gasteiger partial charge in [-0.05, 0) is 6.42 Å². The molecule has 1 rings (SSSR count). The van der Waals surface area contributed by atoms with Crippen molar-refractivity contribution in [2.75, 3.05) is 26.9 Å². The number of aliphatic hydroxyl groups is 1. The highest BCUT2D eigenvalue weighted by atomic mass is 16.5. The average Bonchev–Trinajstić information content (AvgIpc) is 2.52. The molecule has 0 aliphatic carbocycles. The normalized spacial score (nSPS) is 30.4. The van der Waals surface area contributed by atoms with Crippen LogP contribution in [0.4, 0.5) is 0 Å². The van der Waals surface area contributed by atoms with Crippen molar-refractivity contribution < 1.29 is 19.4 Å². The Labute approximate surface area is 65.1 Å². The molecule has 0 radical (unpaired) electrons. The van der Waals surface area contributed by atoms with Gasteiger partial charge >= 0.3 is 5.97 Å². The van der Waals surface area contributed by atoms with Crippen LogP contribution >= 0.6 is 0 Å². The third-order valence-electron chi connectivity index (χ3n) is 2.02. The molecule has 1 saturated heterocycles. The van der Waals surface area contributed by atoms with E-state index in [0.717, 1.165) is 0 Å². The number of rotatable bonds is 2. The van der Waals surface area contributed by atoms with Crippen molar-refractivity contribution in [3.8, 4) is 0 Å². The number of carbonyl (C=O) groups excluding carboxylic acids is 1. The zero-order valence-corrected chi connectivity index (χ0v) is 6.50. The minimum atomic E-state index is -0.783. The molecule has 1 fully saturated rings. The number of carbonyl (C=O) groups is 1. The van der Waals surface area contributed by atoms with Crippen molar-refractivity contribution in [2.24, 2.45) is 5.41 Å². The van der Waals surface area contributed by atoms with Gasteiger partial charge in [-0.3, -0.25) is 4.79 Å². The molecular weight excluding hydrogens is 148 g/mol. The van der Waals surface area contributed by atoms with Gasteiger partial charge in [0.25, 0.3) is 0 Å². The van der Waals surface area contributed by atoms with Crippen LogP contribution in [0.25, 0.3) is 0 Å². The lowest BCUT2D eigenvalue weighted by atomic mass is 9.89. The topological polar surface area (TPSA) is 55.8 Å². The Kier molecular flexibility index (Phi) is 2.46. The van der Waals surface area contributed by atoms with Crippen LogP contribution in [0.3, 0.4) is 0 Å². The van der Waals surface area contributed by atoms with Crippen LogP contribution in [0.15, 0.2) is 0 Å². The molecule has 64 valence electrons. The van der Waals surface area contributed by atoms with Crippen molar-refractivity contribution in [3.05, 3.63) is 0 Å². The van der Waals surface area contributed by atoms with Gasteiger partial charge in [0.1, 0.15) is 5.41 Å². The largest absolute Gasteiger partial charge is 0.468 e. The highest BCUT2D eigenvalue weighted by Crippen LogP contribution is 2.28. The maximum Gasteiger partial charge on any atom is 0.316 e. The first-order chi connectivity index (χ1) is 5.25.